The fourth-order valence-corrected chi connectivity index (χ4v) is 4.65. The van der Waals surface area contributed by atoms with Crippen LogP contribution in [-0.4, -0.2) is 48.3 Å². The maximum Gasteiger partial charge on any atom is 0.310 e. The lowest BCUT2D eigenvalue weighted by atomic mass is 9.77. The first-order valence-corrected chi connectivity index (χ1v) is 8.07. The number of ether oxygens (including phenoxy) is 1. The van der Waals surface area contributed by atoms with Gasteiger partial charge in [0.2, 0.25) is 0 Å². The summed E-state index contributed by atoms with van der Waals surface area (Å²) in [6.07, 6.45) is 3.62. The number of nitrogens with zero attached hydrogens (tertiary/aromatic N) is 1. The Kier molecular flexibility index (Phi) is 3.65. The van der Waals surface area contributed by atoms with Crippen molar-refractivity contribution in [3.05, 3.63) is 11.1 Å². The number of fused-ring (bicyclic) bond motifs is 3. The predicted molar refractivity (Wildman–Crippen MR) is 80.7 cm³/mol. The van der Waals surface area contributed by atoms with Gasteiger partial charge in [0.05, 0.1) is 11.5 Å². The van der Waals surface area contributed by atoms with Gasteiger partial charge in [0.25, 0.3) is 0 Å². The van der Waals surface area contributed by atoms with E-state index in [-0.39, 0.29) is 29.8 Å². The topological polar surface area (TPSA) is 49.8 Å². The first kappa shape index (κ1) is 15.0. The molecular formula is C17H27NO3. The molecule has 3 aliphatic rings. The van der Waals surface area contributed by atoms with Crippen LogP contribution in [0.4, 0.5) is 0 Å². The summed E-state index contributed by atoms with van der Waals surface area (Å²) in [5, 5.41) is 10.8. The zero-order chi connectivity index (χ0) is 15.4. The lowest BCUT2D eigenvalue weighted by molar-refractivity contribution is -0.148. The van der Waals surface area contributed by atoms with E-state index in [1.54, 1.807) is 0 Å². The van der Waals surface area contributed by atoms with Crippen LogP contribution in [0.1, 0.15) is 39.5 Å². The summed E-state index contributed by atoms with van der Waals surface area (Å²) in [6.45, 7) is 4.84. The fourth-order valence-electron chi connectivity index (χ4n) is 4.65. The van der Waals surface area contributed by atoms with Crippen LogP contribution in [0.15, 0.2) is 11.1 Å². The second kappa shape index (κ2) is 5.10. The molecule has 5 atom stereocenters. The third kappa shape index (κ3) is 2.42. The number of aliphatic hydroxyl groups is 1. The molecule has 0 aromatic rings. The molecule has 118 valence electrons. The van der Waals surface area contributed by atoms with Crippen molar-refractivity contribution in [3.8, 4) is 0 Å². The smallest absolute Gasteiger partial charge is 0.310 e. The average Bonchev–Trinajstić information content (AvgIpc) is 2.79. The summed E-state index contributed by atoms with van der Waals surface area (Å²) < 4.78 is 5.80. The van der Waals surface area contributed by atoms with Gasteiger partial charge in [0, 0.05) is 18.4 Å². The van der Waals surface area contributed by atoms with Crippen molar-refractivity contribution >= 4 is 5.97 Å². The number of carbonyl (C=O) groups is 1. The van der Waals surface area contributed by atoms with E-state index in [9.17, 15) is 9.90 Å². The van der Waals surface area contributed by atoms with Gasteiger partial charge in [-0.3, -0.25) is 4.79 Å². The Morgan fingerprint density at radius 3 is 2.76 bits per heavy atom. The van der Waals surface area contributed by atoms with E-state index in [2.05, 4.69) is 11.8 Å². The molecule has 4 heteroatoms. The Morgan fingerprint density at radius 2 is 2.10 bits per heavy atom. The van der Waals surface area contributed by atoms with Crippen LogP contribution < -0.4 is 0 Å². The van der Waals surface area contributed by atoms with Crippen LogP contribution in [0.5, 0.6) is 0 Å². The van der Waals surface area contributed by atoms with E-state index in [4.69, 9.17) is 4.74 Å². The van der Waals surface area contributed by atoms with Crippen LogP contribution in [0.25, 0.3) is 0 Å². The molecule has 21 heavy (non-hydrogen) atoms. The maximum atomic E-state index is 12.3. The van der Waals surface area contributed by atoms with Gasteiger partial charge in [-0.2, -0.15) is 0 Å². The van der Waals surface area contributed by atoms with Crippen molar-refractivity contribution in [1.29, 1.82) is 0 Å². The summed E-state index contributed by atoms with van der Waals surface area (Å²) >= 11 is 0. The zero-order valence-electron chi connectivity index (χ0n) is 13.6. The van der Waals surface area contributed by atoms with Crippen LogP contribution in [0, 0.1) is 17.8 Å². The van der Waals surface area contributed by atoms with Crippen molar-refractivity contribution in [2.45, 2.75) is 51.2 Å². The molecule has 3 rings (SSSR count). The maximum absolute atomic E-state index is 12.3. The van der Waals surface area contributed by atoms with Crippen molar-refractivity contribution in [2.24, 2.45) is 17.8 Å². The van der Waals surface area contributed by atoms with Gasteiger partial charge in [0.15, 0.2) is 0 Å². The van der Waals surface area contributed by atoms with Gasteiger partial charge in [-0.05, 0) is 53.6 Å². The quantitative estimate of drug-likeness (QED) is 0.625. The molecule has 0 aromatic heterocycles. The largest absolute Gasteiger partial charge is 0.461 e. The molecular weight excluding hydrogens is 266 g/mol. The molecule has 0 amide bonds. The summed E-state index contributed by atoms with van der Waals surface area (Å²) in [6, 6.07) is 0. The highest BCUT2D eigenvalue weighted by atomic mass is 16.6. The van der Waals surface area contributed by atoms with Crippen molar-refractivity contribution in [3.63, 3.8) is 0 Å². The van der Waals surface area contributed by atoms with E-state index in [0.29, 0.717) is 0 Å². The Balaban J connectivity index is 1.95. The number of hydrogen-bond acceptors (Lipinski definition) is 4. The van der Waals surface area contributed by atoms with Gasteiger partial charge >= 0.3 is 5.97 Å². The Morgan fingerprint density at radius 1 is 1.38 bits per heavy atom. The number of rotatable bonds is 2. The summed E-state index contributed by atoms with van der Waals surface area (Å²) in [5.74, 6) is 0.122. The minimum atomic E-state index is -0.739. The highest BCUT2D eigenvalue weighted by Gasteiger charge is 2.56. The molecule has 1 saturated carbocycles. The van der Waals surface area contributed by atoms with Crippen molar-refractivity contribution in [2.75, 3.05) is 20.6 Å². The van der Waals surface area contributed by atoms with Gasteiger partial charge in [0.1, 0.15) is 6.10 Å². The van der Waals surface area contributed by atoms with E-state index in [1.807, 2.05) is 21.0 Å². The molecule has 1 saturated heterocycles. The van der Waals surface area contributed by atoms with E-state index < -0.39 is 5.60 Å². The molecule has 2 fully saturated rings. The molecule has 0 spiro atoms. The third-order valence-corrected chi connectivity index (χ3v) is 5.73. The summed E-state index contributed by atoms with van der Waals surface area (Å²) in [7, 11) is 4.00. The molecule has 4 nitrogen and oxygen atoms in total. The van der Waals surface area contributed by atoms with E-state index in [1.165, 1.54) is 11.1 Å². The van der Waals surface area contributed by atoms with Crippen LogP contribution >= 0.6 is 0 Å². The number of carbonyl (C=O) groups excluding carboxylic acids is 1. The Bertz CT molecular complexity index is 480. The van der Waals surface area contributed by atoms with Crippen LogP contribution in [0.2, 0.25) is 0 Å². The second-order valence-corrected chi connectivity index (χ2v) is 7.61. The number of esters is 1. The predicted octanol–water partition coefficient (Wildman–Crippen LogP) is 1.98. The Labute approximate surface area is 127 Å². The van der Waals surface area contributed by atoms with Gasteiger partial charge in [-0.1, -0.05) is 11.1 Å². The molecule has 0 aromatic carbocycles. The van der Waals surface area contributed by atoms with E-state index >= 15 is 0 Å². The molecule has 1 aliphatic heterocycles. The minimum absolute atomic E-state index is 0.00103. The monoisotopic (exact) mass is 293 g/mol. The lowest BCUT2D eigenvalue weighted by Gasteiger charge is -2.33. The highest BCUT2D eigenvalue weighted by molar-refractivity contribution is 5.76. The van der Waals surface area contributed by atoms with Gasteiger partial charge < -0.3 is 14.7 Å². The van der Waals surface area contributed by atoms with Gasteiger partial charge in [-0.25, -0.2) is 0 Å². The highest BCUT2D eigenvalue weighted by Crippen LogP contribution is 2.52. The van der Waals surface area contributed by atoms with E-state index in [0.717, 1.165) is 32.2 Å². The number of hydrogen-bond donors (Lipinski definition) is 1. The molecule has 0 bridgehead atoms. The number of allylic oxidation sites excluding steroid dienone is 1. The molecule has 2 aliphatic carbocycles. The molecule has 1 heterocycles. The fraction of sp³-hybridized carbons (Fsp3) is 0.824. The van der Waals surface area contributed by atoms with Crippen LogP contribution in [-0.2, 0) is 9.53 Å². The minimum Gasteiger partial charge on any atom is -0.461 e. The third-order valence-electron chi connectivity index (χ3n) is 5.73. The molecule has 1 N–H and O–H groups in total. The Hall–Kier alpha value is -0.870. The lowest BCUT2D eigenvalue weighted by Crippen LogP contribution is -2.41. The first-order chi connectivity index (χ1) is 9.81. The average molecular weight is 293 g/mol. The van der Waals surface area contributed by atoms with Crippen LogP contribution in [0.3, 0.4) is 0 Å². The van der Waals surface area contributed by atoms with Gasteiger partial charge in [-0.15, -0.1) is 0 Å². The zero-order valence-corrected chi connectivity index (χ0v) is 13.6. The molecule has 0 radical (unpaired) electrons. The second-order valence-electron chi connectivity index (χ2n) is 7.61. The van der Waals surface area contributed by atoms with Crippen molar-refractivity contribution in [1.82, 2.24) is 4.90 Å². The SMILES string of the molecule is CC1=C2CC[C@@](C)(O)[C@@H]2[C@H]2OC(=O)[C@@H](CN(C)C)C2CC1. The standard InChI is InChI=1S/C17H27NO3/c1-10-5-6-12-13(9-18(3)4)16(19)21-15(12)14-11(10)7-8-17(14,2)20/h12-15,20H,5-9H2,1-4H3/t12?,13-,14-,15-,17+/m0/s1. The molecule has 1 unspecified atom stereocenters. The van der Waals surface area contributed by atoms with Crippen molar-refractivity contribution < 1.29 is 14.6 Å². The summed E-state index contributed by atoms with van der Waals surface area (Å²) in [4.78, 5) is 14.4. The normalized spacial score (nSPS) is 42.9. The first-order valence-electron chi connectivity index (χ1n) is 8.07. The summed E-state index contributed by atoms with van der Waals surface area (Å²) in [5.41, 5.74) is 2.02.